The monoisotopic (exact) mass is 248 g/mol. The van der Waals surface area contributed by atoms with E-state index in [1.807, 2.05) is 9.80 Å². The van der Waals surface area contributed by atoms with E-state index in [0.717, 1.165) is 45.4 Å². The van der Waals surface area contributed by atoms with E-state index in [1.165, 1.54) is 12.2 Å². The van der Waals surface area contributed by atoms with Crippen LogP contribution in [0.4, 0.5) is 0 Å². The SMILES string of the molecule is C=CC(=O)N1CCC2(CC1)CCN(C(=O)C=C)C2. The first-order valence-corrected chi connectivity index (χ1v) is 6.43. The maximum absolute atomic E-state index is 11.6. The normalized spacial score (nSPS) is 22.0. The minimum atomic E-state index is 0.0156. The van der Waals surface area contributed by atoms with Gasteiger partial charge in [-0.3, -0.25) is 9.59 Å². The third-order valence-electron chi connectivity index (χ3n) is 4.24. The molecule has 0 radical (unpaired) electrons. The number of piperidine rings is 1. The molecule has 2 aliphatic heterocycles. The predicted octanol–water partition coefficient (Wildman–Crippen LogP) is 1.20. The Labute approximate surface area is 108 Å². The van der Waals surface area contributed by atoms with Crippen molar-refractivity contribution in [1.29, 1.82) is 0 Å². The largest absolute Gasteiger partial charge is 0.339 e. The minimum Gasteiger partial charge on any atom is -0.339 e. The molecule has 2 aliphatic rings. The van der Waals surface area contributed by atoms with Crippen LogP contribution in [-0.2, 0) is 9.59 Å². The third-order valence-corrected chi connectivity index (χ3v) is 4.24. The van der Waals surface area contributed by atoms with E-state index in [2.05, 4.69) is 13.2 Å². The standard InChI is InChI=1S/C14H20N2O2/c1-3-12(17)15-8-5-14(6-9-15)7-10-16(11-14)13(18)4-2/h3-4H,1-2,5-11H2. The summed E-state index contributed by atoms with van der Waals surface area (Å²) in [4.78, 5) is 26.8. The van der Waals surface area contributed by atoms with Crippen molar-refractivity contribution < 1.29 is 9.59 Å². The summed E-state index contributed by atoms with van der Waals surface area (Å²) in [5.74, 6) is 0.0401. The lowest BCUT2D eigenvalue weighted by Gasteiger charge is -2.38. The maximum Gasteiger partial charge on any atom is 0.245 e. The summed E-state index contributed by atoms with van der Waals surface area (Å²) in [5.41, 5.74) is 0.219. The Balaban J connectivity index is 1.93. The van der Waals surface area contributed by atoms with Crippen LogP contribution in [0.25, 0.3) is 0 Å². The van der Waals surface area contributed by atoms with Gasteiger partial charge in [0.15, 0.2) is 0 Å². The van der Waals surface area contributed by atoms with Crippen molar-refractivity contribution in [3.8, 4) is 0 Å². The van der Waals surface area contributed by atoms with Gasteiger partial charge in [0.1, 0.15) is 0 Å². The molecule has 2 fully saturated rings. The van der Waals surface area contributed by atoms with Gasteiger partial charge in [0.25, 0.3) is 0 Å². The van der Waals surface area contributed by atoms with E-state index in [4.69, 9.17) is 0 Å². The molecule has 0 aromatic carbocycles. The first-order valence-electron chi connectivity index (χ1n) is 6.43. The van der Waals surface area contributed by atoms with Crippen molar-refractivity contribution in [2.75, 3.05) is 26.2 Å². The van der Waals surface area contributed by atoms with E-state index in [-0.39, 0.29) is 17.2 Å². The van der Waals surface area contributed by atoms with Crippen LogP contribution in [0, 0.1) is 5.41 Å². The van der Waals surface area contributed by atoms with Crippen molar-refractivity contribution in [3.63, 3.8) is 0 Å². The molecule has 0 N–H and O–H groups in total. The van der Waals surface area contributed by atoms with Gasteiger partial charge in [0.2, 0.25) is 11.8 Å². The van der Waals surface area contributed by atoms with Crippen molar-refractivity contribution in [3.05, 3.63) is 25.3 Å². The lowest BCUT2D eigenvalue weighted by Crippen LogP contribution is -2.44. The molecule has 0 bridgehead atoms. The van der Waals surface area contributed by atoms with Crippen LogP contribution in [-0.4, -0.2) is 47.8 Å². The highest BCUT2D eigenvalue weighted by atomic mass is 16.2. The van der Waals surface area contributed by atoms with E-state index in [9.17, 15) is 9.59 Å². The quantitative estimate of drug-likeness (QED) is 0.689. The van der Waals surface area contributed by atoms with E-state index in [0.29, 0.717) is 0 Å². The molecule has 98 valence electrons. The predicted molar refractivity (Wildman–Crippen MR) is 69.8 cm³/mol. The van der Waals surface area contributed by atoms with Crippen LogP contribution < -0.4 is 0 Å². The van der Waals surface area contributed by atoms with Crippen LogP contribution in [0.3, 0.4) is 0 Å². The fraction of sp³-hybridized carbons (Fsp3) is 0.571. The Morgan fingerprint density at radius 1 is 0.889 bits per heavy atom. The topological polar surface area (TPSA) is 40.6 Å². The van der Waals surface area contributed by atoms with Gasteiger partial charge in [-0.1, -0.05) is 13.2 Å². The van der Waals surface area contributed by atoms with Crippen LogP contribution in [0.5, 0.6) is 0 Å². The molecule has 0 saturated carbocycles. The number of hydrogen-bond donors (Lipinski definition) is 0. The van der Waals surface area contributed by atoms with E-state index >= 15 is 0 Å². The summed E-state index contributed by atoms with van der Waals surface area (Å²) < 4.78 is 0. The summed E-state index contributed by atoms with van der Waals surface area (Å²) in [7, 11) is 0. The molecular weight excluding hydrogens is 228 g/mol. The summed E-state index contributed by atoms with van der Waals surface area (Å²) >= 11 is 0. The Morgan fingerprint density at radius 2 is 1.33 bits per heavy atom. The lowest BCUT2D eigenvalue weighted by molar-refractivity contribution is -0.129. The molecule has 4 heteroatoms. The van der Waals surface area contributed by atoms with Crippen molar-refractivity contribution >= 4 is 11.8 Å². The molecule has 18 heavy (non-hydrogen) atoms. The van der Waals surface area contributed by atoms with E-state index < -0.39 is 0 Å². The molecule has 4 nitrogen and oxygen atoms in total. The van der Waals surface area contributed by atoms with E-state index in [1.54, 1.807) is 0 Å². The Hall–Kier alpha value is -1.58. The number of hydrogen-bond acceptors (Lipinski definition) is 2. The highest BCUT2D eigenvalue weighted by Gasteiger charge is 2.41. The molecule has 0 atom stereocenters. The van der Waals surface area contributed by atoms with Gasteiger partial charge in [-0.2, -0.15) is 0 Å². The Bertz CT molecular complexity index is 381. The zero-order chi connectivity index (χ0) is 13.2. The van der Waals surface area contributed by atoms with Gasteiger partial charge in [-0.05, 0) is 36.8 Å². The second-order valence-corrected chi connectivity index (χ2v) is 5.24. The molecule has 0 aromatic rings. The Morgan fingerprint density at radius 3 is 1.83 bits per heavy atom. The summed E-state index contributed by atoms with van der Waals surface area (Å²) in [6, 6.07) is 0. The van der Waals surface area contributed by atoms with Gasteiger partial charge in [0, 0.05) is 26.2 Å². The number of likely N-dealkylation sites (tertiary alicyclic amines) is 2. The van der Waals surface area contributed by atoms with Crippen LogP contribution in [0.2, 0.25) is 0 Å². The number of rotatable bonds is 2. The summed E-state index contributed by atoms with van der Waals surface area (Å²) in [5, 5.41) is 0. The molecule has 2 heterocycles. The van der Waals surface area contributed by atoms with Crippen LogP contribution in [0.1, 0.15) is 19.3 Å². The van der Waals surface area contributed by atoms with Gasteiger partial charge in [-0.25, -0.2) is 0 Å². The molecule has 1 spiro atoms. The summed E-state index contributed by atoms with van der Waals surface area (Å²) in [6.45, 7) is 10.2. The maximum atomic E-state index is 11.6. The molecule has 0 unspecified atom stereocenters. The van der Waals surface area contributed by atoms with Gasteiger partial charge in [-0.15, -0.1) is 0 Å². The zero-order valence-corrected chi connectivity index (χ0v) is 10.7. The van der Waals surface area contributed by atoms with Gasteiger partial charge < -0.3 is 9.80 Å². The molecule has 2 saturated heterocycles. The number of carbonyl (C=O) groups is 2. The minimum absolute atomic E-state index is 0.0156. The molecule has 0 aromatic heterocycles. The number of nitrogens with zero attached hydrogens (tertiary/aromatic N) is 2. The third kappa shape index (κ3) is 2.33. The highest BCUT2D eigenvalue weighted by molar-refractivity contribution is 5.87. The highest BCUT2D eigenvalue weighted by Crippen LogP contribution is 2.40. The van der Waals surface area contributed by atoms with Crippen LogP contribution >= 0.6 is 0 Å². The zero-order valence-electron chi connectivity index (χ0n) is 10.7. The second-order valence-electron chi connectivity index (χ2n) is 5.24. The molecule has 2 rings (SSSR count). The first-order chi connectivity index (χ1) is 8.60. The lowest BCUT2D eigenvalue weighted by atomic mass is 9.78. The fourth-order valence-electron chi connectivity index (χ4n) is 2.99. The van der Waals surface area contributed by atoms with Crippen LogP contribution in [0.15, 0.2) is 25.3 Å². The van der Waals surface area contributed by atoms with Gasteiger partial charge >= 0.3 is 0 Å². The van der Waals surface area contributed by atoms with Crippen molar-refractivity contribution in [2.45, 2.75) is 19.3 Å². The average molecular weight is 248 g/mol. The average Bonchev–Trinajstić information content (AvgIpc) is 2.82. The Kier molecular flexibility index (Phi) is 3.55. The number of amides is 2. The van der Waals surface area contributed by atoms with Gasteiger partial charge in [0.05, 0.1) is 0 Å². The smallest absolute Gasteiger partial charge is 0.245 e. The van der Waals surface area contributed by atoms with Crippen molar-refractivity contribution in [2.24, 2.45) is 5.41 Å². The number of carbonyl (C=O) groups excluding carboxylic acids is 2. The second kappa shape index (κ2) is 4.96. The van der Waals surface area contributed by atoms with Crippen molar-refractivity contribution in [1.82, 2.24) is 9.80 Å². The molecular formula is C14H20N2O2. The molecule has 0 aliphatic carbocycles. The first kappa shape index (κ1) is 12.9. The molecule has 2 amide bonds. The fourth-order valence-corrected chi connectivity index (χ4v) is 2.99. The summed E-state index contributed by atoms with van der Waals surface area (Å²) in [6.07, 6.45) is 5.76.